The van der Waals surface area contributed by atoms with Gasteiger partial charge in [-0.1, -0.05) is 71.7 Å². The molecular formula is C25H21Cl2NO4. The van der Waals surface area contributed by atoms with Gasteiger partial charge in [-0.2, -0.15) is 0 Å². The number of halogens is 2. The highest BCUT2D eigenvalue weighted by atomic mass is 35.5. The Balaban J connectivity index is 1.89. The molecule has 7 heteroatoms. The average Bonchev–Trinajstić information content (AvgIpc) is 3.24. The van der Waals surface area contributed by atoms with E-state index in [1.54, 1.807) is 24.3 Å². The van der Waals surface area contributed by atoms with Crippen molar-refractivity contribution >= 4 is 35.1 Å². The summed E-state index contributed by atoms with van der Waals surface area (Å²) in [5, 5.41) is 10.5. The molecule has 3 aromatic rings. The summed E-state index contributed by atoms with van der Waals surface area (Å²) in [5.41, 5.74) is 2.32. The Bertz CT molecular complexity index is 1170. The number of carbonyl (C=O) groups excluding carboxylic acids is 1. The maximum absolute atomic E-state index is 14.0. The second kappa shape index (κ2) is 9.23. The number of carboxylic acid groups (broad SMARTS) is 1. The fourth-order valence-corrected chi connectivity index (χ4v) is 4.88. The van der Waals surface area contributed by atoms with E-state index in [4.69, 9.17) is 27.9 Å². The van der Waals surface area contributed by atoms with Crippen molar-refractivity contribution in [1.29, 1.82) is 0 Å². The third kappa shape index (κ3) is 3.94. The van der Waals surface area contributed by atoms with Crippen LogP contribution in [0.5, 0.6) is 5.75 Å². The van der Waals surface area contributed by atoms with Gasteiger partial charge >= 0.3 is 5.97 Å². The van der Waals surface area contributed by atoms with Crippen LogP contribution in [0.3, 0.4) is 0 Å². The van der Waals surface area contributed by atoms with Crippen LogP contribution in [0.2, 0.25) is 10.0 Å². The molecule has 0 aliphatic carbocycles. The molecule has 1 N–H and O–H groups in total. The molecule has 1 fully saturated rings. The highest BCUT2D eigenvalue weighted by Gasteiger charge is 2.43. The van der Waals surface area contributed by atoms with Crippen LogP contribution < -0.4 is 4.74 Å². The second-order valence-corrected chi connectivity index (χ2v) is 8.34. The molecule has 5 nitrogen and oxygen atoms in total. The molecular weight excluding hydrogens is 449 g/mol. The van der Waals surface area contributed by atoms with Gasteiger partial charge in [-0.25, -0.2) is 4.79 Å². The van der Waals surface area contributed by atoms with Gasteiger partial charge < -0.3 is 14.7 Å². The Hall–Kier alpha value is -3.02. The molecule has 0 radical (unpaired) electrons. The third-order valence-corrected chi connectivity index (χ3v) is 6.51. The van der Waals surface area contributed by atoms with Crippen molar-refractivity contribution in [1.82, 2.24) is 4.90 Å². The molecule has 1 saturated heterocycles. The number of ether oxygens (including phenoxy) is 1. The van der Waals surface area contributed by atoms with Gasteiger partial charge in [0.1, 0.15) is 11.8 Å². The van der Waals surface area contributed by atoms with Gasteiger partial charge in [0.2, 0.25) is 0 Å². The molecule has 3 aromatic carbocycles. The van der Waals surface area contributed by atoms with Crippen LogP contribution in [0, 0.1) is 0 Å². The SMILES string of the molecule is COc1ccc(-c2ccccc2)c(C(=O)N2C(C(=O)O)CCC2c2ccccc2Cl)c1Cl. The van der Waals surface area contributed by atoms with Crippen LogP contribution in [0.1, 0.15) is 34.8 Å². The normalized spacial score (nSPS) is 17.9. The van der Waals surface area contributed by atoms with Crippen molar-refractivity contribution in [3.05, 3.63) is 87.9 Å². The van der Waals surface area contributed by atoms with Crippen molar-refractivity contribution in [2.75, 3.05) is 7.11 Å². The average molecular weight is 470 g/mol. The smallest absolute Gasteiger partial charge is 0.326 e. The van der Waals surface area contributed by atoms with Gasteiger partial charge in [0.05, 0.1) is 23.7 Å². The van der Waals surface area contributed by atoms with Gasteiger partial charge in [-0.15, -0.1) is 0 Å². The highest BCUT2D eigenvalue weighted by molar-refractivity contribution is 6.36. The lowest BCUT2D eigenvalue weighted by Gasteiger charge is -2.30. The molecule has 2 atom stereocenters. The summed E-state index contributed by atoms with van der Waals surface area (Å²) in [6.45, 7) is 0. The van der Waals surface area contributed by atoms with Crippen molar-refractivity contribution in [3.63, 3.8) is 0 Å². The maximum Gasteiger partial charge on any atom is 0.326 e. The first-order valence-electron chi connectivity index (χ1n) is 10.2. The first-order valence-corrected chi connectivity index (χ1v) is 10.9. The van der Waals surface area contributed by atoms with Crippen LogP contribution in [0.15, 0.2) is 66.7 Å². The van der Waals surface area contributed by atoms with E-state index in [1.807, 2.05) is 42.5 Å². The lowest BCUT2D eigenvalue weighted by Crippen LogP contribution is -2.42. The minimum atomic E-state index is -1.06. The number of aliphatic carboxylic acids is 1. The van der Waals surface area contributed by atoms with Gasteiger partial charge in [-0.05, 0) is 47.7 Å². The van der Waals surface area contributed by atoms with E-state index in [0.717, 1.165) is 5.56 Å². The summed E-state index contributed by atoms with van der Waals surface area (Å²) in [4.78, 5) is 27.5. The minimum Gasteiger partial charge on any atom is -0.495 e. The largest absolute Gasteiger partial charge is 0.495 e. The van der Waals surface area contributed by atoms with Gasteiger partial charge in [0, 0.05) is 5.02 Å². The van der Waals surface area contributed by atoms with E-state index in [0.29, 0.717) is 34.7 Å². The summed E-state index contributed by atoms with van der Waals surface area (Å²) in [7, 11) is 1.47. The molecule has 0 spiro atoms. The van der Waals surface area contributed by atoms with E-state index in [-0.39, 0.29) is 10.6 Å². The molecule has 1 heterocycles. The fourth-order valence-electron chi connectivity index (χ4n) is 4.30. The Kier molecular flexibility index (Phi) is 6.40. The fraction of sp³-hybridized carbons (Fsp3) is 0.200. The predicted molar refractivity (Wildman–Crippen MR) is 124 cm³/mol. The van der Waals surface area contributed by atoms with Crippen molar-refractivity contribution in [3.8, 4) is 16.9 Å². The molecule has 1 amide bonds. The number of benzene rings is 3. The number of amides is 1. The Labute approximate surface area is 196 Å². The third-order valence-electron chi connectivity index (χ3n) is 5.79. The van der Waals surface area contributed by atoms with Crippen LogP contribution in [-0.4, -0.2) is 35.0 Å². The van der Waals surface area contributed by atoms with Crippen molar-refractivity contribution < 1.29 is 19.4 Å². The zero-order valence-electron chi connectivity index (χ0n) is 17.3. The number of hydrogen-bond acceptors (Lipinski definition) is 3. The van der Waals surface area contributed by atoms with E-state index >= 15 is 0 Å². The number of carbonyl (C=O) groups is 2. The first kappa shape index (κ1) is 22.2. The maximum atomic E-state index is 14.0. The van der Waals surface area contributed by atoms with Crippen LogP contribution in [-0.2, 0) is 4.79 Å². The molecule has 0 aromatic heterocycles. The van der Waals surface area contributed by atoms with Crippen molar-refractivity contribution in [2.24, 2.45) is 0 Å². The number of carboxylic acids is 1. The second-order valence-electron chi connectivity index (χ2n) is 7.55. The van der Waals surface area contributed by atoms with E-state index in [1.165, 1.54) is 12.0 Å². The summed E-state index contributed by atoms with van der Waals surface area (Å²) < 4.78 is 5.35. The van der Waals surface area contributed by atoms with Crippen LogP contribution in [0.25, 0.3) is 11.1 Å². The van der Waals surface area contributed by atoms with Crippen LogP contribution >= 0.6 is 23.2 Å². The topological polar surface area (TPSA) is 66.8 Å². The number of hydrogen-bond donors (Lipinski definition) is 1. The van der Waals surface area contributed by atoms with E-state index in [9.17, 15) is 14.7 Å². The summed E-state index contributed by atoms with van der Waals surface area (Å²) in [5.74, 6) is -1.19. The predicted octanol–water partition coefficient (Wildman–Crippen LogP) is 6.10. The van der Waals surface area contributed by atoms with Crippen molar-refractivity contribution in [2.45, 2.75) is 24.9 Å². The Morgan fingerprint density at radius 2 is 1.66 bits per heavy atom. The summed E-state index contributed by atoms with van der Waals surface area (Å²) in [6.07, 6.45) is 0.800. The quantitative estimate of drug-likeness (QED) is 0.490. The zero-order valence-corrected chi connectivity index (χ0v) is 18.8. The van der Waals surface area contributed by atoms with E-state index in [2.05, 4.69) is 0 Å². The number of methoxy groups -OCH3 is 1. The zero-order chi connectivity index (χ0) is 22.8. The van der Waals surface area contributed by atoms with Gasteiger partial charge in [-0.3, -0.25) is 4.79 Å². The molecule has 1 aliphatic heterocycles. The Morgan fingerprint density at radius 3 is 2.31 bits per heavy atom. The Morgan fingerprint density at radius 1 is 0.969 bits per heavy atom. The molecule has 164 valence electrons. The lowest BCUT2D eigenvalue weighted by atomic mass is 9.97. The minimum absolute atomic E-state index is 0.146. The monoisotopic (exact) mass is 469 g/mol. The van der Waals surface area contributed by atoms with Crippen LogP contribution in [0.4, 0.5) is 0 Å². The summed E-state index contributed by atoms with van der Waals surface area (Å²) in [6, 6.07) is 18.5. The van der Waals surface area contributed by atoms with Gasteiger partial charge in [0.25, 0.3) is 5.91 Å². The molecule has 0 saturated carbocycles. The first-order chi connectivity index (χ1) is 15.4. The number of rotatable bonds is 5. The number of nitrogens with zero attached hydrogens (tertiary/aromatic N) is 1. The highest BCUT2D eigenvalue weighted by Crippen LogP contribution is 2.43. The molecule has 2 unspecified atom stereocenters. The molecule has 1 aliphatic rings. The van der Waals surface area contributed by atoms with Gasteiger partial charge in [0.15, 0.2) is 0 Å². The van der Waals surface area contributed by atoms with E-state index < -0.39 is 24.0 Å². The molecule has 0 bridgehead atoms. The molecule has 4 rings (SSSR count). The number of likely N-dealkylation sites (tertiary alicyclic amines) is 1. The summed E-state index contributed by atoms with van der Waals surface area (Å²) >= 11 is 13.1. The lowest BCUT2D eigenvalue weighted by molar-refractivity contribution is -0.141. The molecule has 32 heavy (non-hydrogen) atoms. The standard InChI is InChI=1S/C25H21Cl2NO4/c1-32-21-14-11-16(15-7-3-2-4-8-15)22(23(21)27)24(29)28-19(12-13-20(28)25(30)31)17-9-5-6-10-18(17)26/h2-11,14,19-20H,12-13H2,1H3,(H,30,31).